The van der Waals surface area contributed by atoms with E-state index >= 15 is 0 Å². The van der Waals surface area contributed by atoms with Gasteiger partial charge in [-0.15, -0.1) is 0 Å². The maximum Gasteiger partial charge on any atom is 0.341 e. The average Bonchev–Trinajstić information content (AvgIpc) is 3.24. The Morgan fingerprint density at radius 3 is 2.57 bits per heavy atom. The highest BCUT2D eigenvalue weighted by Crippen LogP contribution is 2.36. The molecule has 0 heterocycles. The molecule has 0 bridgehead atoms. The summed E-state index contributed by atoms with van der Waals surface area (Å²) in [7, 11) is 1.72. The van der Waals surface area contributed by atoms with Crippen molar-refractivity contribution in [3.63, 3.8) is 0 Å². The summed E-state index contributed by atoms with van der Waals surface area (Å²) >= 11 is 0. The number of carboxylic acids is 1. The molecular formula is C15H19NO5. The lowest BCUT2D eigenvalue weighted by Crippen LogP contribution is -2.29. The number of ether oxygens (including phenoxy) is 2. The quantitative estimate of drug-likeness (QED) is 0.825. The highest BCUT2D eigenvalue weighted by molar-refractivity contribution is 5.96. The van der Waals surface area contributed by atoms with Crippen LogP contribution in [0, 0.1) is 5.92 Å². The molecule has 1 aliphatic carbocycles. The van der Waals surface area contributed by atoms with E-state index in [1.54, 1.807) is 36.2 Å². The van der Waals surface area contributed by atoms with Gasteiger partial charge in [0.15, 0.2) is 6.61 Å². The fourth-order valence-corrected chi connectivity index (χ4v) is 2.12. The van der Waals surface area contributed by atoms with Crippen molar-refractivity contribution in [2.75, 3.05) is 25.2 Å². The molecule has 0 aromatic heterocycles. The summed E-state index contributed by atoms with van der Waals surface area (Å²) in [6.07, 6.45) is 0.819. The zero-order chi connectivity index (χ0) is 15.4. The zero-order valence-corrected chi connectivity index (χ0v) is 12.1. The van der Waals surface area contributed by atoms with E-state index < -0.39 is 5.97 Å². The number of rotatable bonds is 7. The van der Waals surface area contributed by atoms with E-state index in [0.29, 0.717) is 12.4 Å². The molecule has 0 saturated heterocycles. The molecule has 0 radical (unpaired) electrons. The first-order valence-corrected chi connectivity index (χ1v) is 6.86. The third-order valence-electron chi connectivity index (χ3n) is 3.35. The Morgan fingerprint density at radius 1 is 1.33 bits per heavy atom. The molecule has 1 aromatic carbocycles. The second-order valence-corrected chi connectivity index (χ2v) is 4.91. The lowest BCUT2D eigenvalue weighted by Gasteiger charge is -2.17. The molecule has 1 saturated carbocycles. The summed E-state index contributed by atoms with van der Waals surface area (Å²) in [6.45, 7) is 2.15. The second kappa shape index (κ2) is 6.58. The van der Waals surface area contributed by atoms with Gasteiger partial charge < -0.3 is 19.5 Å². The van der Waals surface area contributed by atoms with Gasteiger partial charge in [-0.1, -0.05) is 0 Å². The predicted octanol–water partition coefficient (Wildman–Crippen LogP) is 1.54. The van der Waals surface area contributed by atoms with Gasteiger partial charge in [0.1, 0.15) is 5.75 Å². The number of carbonyl (C=O) groups is 2. The summed E-state index contributed by atoms with van der Waals surface area (Å²) < 4.78 is 10.5. The topological polar surface area (TPSA) is 76.1 Å². The van der Waals surface area contributed by atoms with Crippen molar-refractivity contribution in [2.24, 2.45) is 5.92 Å². The third-order valence-corrected chi connectivity index (χ3v) is 3.35. The van der Waals surface area contributed by atoms with Crippen LogP contribution < -0.4 is 9.64 Å². The summed E-state index contributed by atoms with van der Waals surface area (Å²) in [4.78, 5) is 24.2. The maximum atomic E-state index is 12.2. The molecule has 114 valence electrons. The third kappa shape index (κ3) is 3.95. The van der Waals surface area contributed by atoms with Gasteiger partial charge in [0.05, 0.1) is 12.0 Å². The second-order valence-electron chi connectivity index (χ2n) is 4.91. The minimum absolute atomic E-state index is 0.0349. The fraction of sp³-hybridized carbons (Fsp3) is 0.467. The Balaban J connectivity index is 1.92. The number of carboxylic acid groups (broad SMARTS) is 1. The van der Waals surface area contributed by atoms with E-state index in [9.17, 15) is 9.59 Å². The highest BCUT2D eigenvalue weighted by atomic mass is 16.5. The molecule has 1 aliphatic rings. The van der Waals surface area contributed by atoms with Crippen molar-refractivity contribution in [1.29, 1.82) is 0 Å². The van der Waals surface area contributed by atoms with Crippen molar-refractivity contribution >= 4 is 17.6 Å². The lowest BCUT2D eigenvalue weighted by atomic mass is 10.2. The molecule has 2 unspecified atom stereocenters. The number of carbonyl (C=O) groups excluding carboxylic acids is 1. The molecule has 6 nitrogen and oxygen atoms in total. The van der Waals surface area contributed by atoms with Gasteiger partial charge in [0.2, 0.25) is 5.91 Å². The van der Waals surface area contributed by atoms with Crippen LogP contribution in [0.4, 0.5) is 5.69 Å². The first-order chi connectivity index (χ1) is 10.0. The Kier molecular flexibility index (Phi) is 4.80. The molecule has 21 heavy (non-hydrogen) atoms. The van der Waals surface area contributed by atoms with E-state index in [4.69, 9.17) is 14.6 Å². The largest absolute Gasteiger partial charge is 0.482 e. The fourth-order valence-electron chi connectivity index (χ4n) is 2.12. The minimum atomic E-state index is -1.03. The summed E-state index contributed by atoms with van der Waals surface area (Å²) in [5.41, 5.74) is 0.741. The molecule has 2 atom stereocenters. The smallest absolute Gasteiger partial charge is 0.341 e. The number of hydrogen-bond acceptors (Lipinski definition) is 4. The average molecular weight is 293 g/mol. The van der Waals surface area contributed by atoms with Crippen molar-refractivity contribution in [3.8, 4) is 5.75 Å². The molecule has 1 aromatic rings. The van der Waals surface area contributed by atoms with Crippen molar-refractivity contribution in [1.82, 2.24) is 0 Å². The van der Waals surface area contributed by atoms with Crippen LogP contribution in [0.3, 0.4) is 0 Å². The lowest BCUT2D eigenvalue weighted by molar-refractivity contribution is -0.139. The number of hydrogen-bond donors (Lipinski definition) is 1. The standard InChI is InChI=1S/C15H19NO5/c1-3-20-13-8-12(13)15(19)16(2)10-4-6-11(7-5-10)21-9-14(17)18/h4-7,12-13H,3,8-9H2,1-2H3,(H,17,18). The van der Waals surface area contributed by atoms with E-state index in [1.807, 2.05) is 6.92 Å². The molecule has 0 spiro atoms. The van der Waals surface area contributed by atoms with E-state index in [0.717, 1.165) is 12.1 Å². The minimum Gasteiger partial charge on any atom is -0.482 e. The van der Waals surface area contributed by atoms with Gasteiger partial charge in [0.25, 0.3) is 0 Å². The Morgan fingerprint density at radius 2 is 2.00 bits per heavy atom. The number of anilines is 1. The van der Waals surface area contributed by atoms with Crippen molar-refractivity contribution < 1.29 is 24.2 Å². The Labute approximate surface area is 123 Å². The molecule has 0 aliphatic heterocycles. The first kappa shape index (κ1) is 15.3. The van der Waals surface area contributed by atoms with Gasteiger partial charge in [-0.2, -0.15) is 0 Å². The van der Waals surface area contributed by atoms with Crippen LogP contribution in [-0.2, 0) is 14.3 Å². The Hall–Kier alpha value is -2.08. The van der Waals surface area contributed by atoms with Crippen LogP contribution >= 0.6 is 0 Å². The van der Waals surface area contributed by atoms with E-state index in [-0.39, 0.29) is 24.5 Å². The van der Waals surface area contributed by atoms with Gasteiger partial charge >= 0.3 is 5.97 Å². The monoisotopic (exact) mass is 293 g/mol. The maximum absolute atomic E-state index is 12.2. The molecule has 2 rings (SSSR count). The summed E-state index contributed by atoms with van der Waals surface area (Å²) in [5.74, 6) is -0.590. The predicted molar refractivity (Wildman–Crippen MR) is 76.5 cm³/mol. The number of benzene rings is 1. The van der Waals surface area contributed by atoms with Gasteiger partial charge in [-0.25, -0.2) is 4.79 Å². The van der Waals surface area contributed by atoms with Crippen LogP contribution in [0.15, 0.2) is 24.3 Å². The van der Waals surface area contributed by atoms with Crippen LogP contribution in [0.5, 0.6) is 5.75 Å². The molecule has 1 amide bonds. The SMILES string of the molecule is CCOC1CC1C(=O)N(C)c1ccc(OCC(=O)O)cc1. The zero-order valence-electron chi connectivity index (χ0n) is 12.1. The summed E-state index contributed by atoms with van der Waals surface area (Å²) in [5, 5.41) is 8.54. The van der Waals surface area contributed by atoms with E-state index in [1.165, 1.54) is 0 Å². The van der Waals surface area contributed by atoms with Gasteiger partial charge in [-0.3, -0.25) is 4.79 Å². The van der Waals surface area contributed by atoms with Gasteiger partial charge in [-0.05, 0) is 37.6 Å². The normalized spacial score (nSPS) is 19.9. The first-order valence-electron chi connectivity index (χ1n) is 6.86. The molecular weight excluding hydrogens is 274 g/mol. The molecule has 6 heteroatoms. The van der Waals surface area contributed by atoms with Crippen LogP contribution in [0.1, 0.15) is 13.3 Å². The highest BCUT2D eigenvalue weighted by Gasteiger charge is 2.45. The van der Waals surface area contributed by atoms with E-state index in [2.05, 4.69) is 0 Å². The molecule has 1 N–H and O–H groups in total. The number of amides is 1. The van der Waals surface area contributed by atoms with Crippen LogP contribution in [-0.4, -0.2) is 43.3 Å². The van der Waals surface area contributed by atoms with Crippen molar-refractivity contribution in [2.45, 2.75) is 19.4 Å². The van der Waals surface area contributed by atoms with Crippen LogP contribution in [0.25, 0.3) is 0 Å². The van der Waals surface area contributed by atoms with Crippen molar-refractivity contribution in [3.05, 3.63) is 24.3 Å². The Bertz CT molecular complexity index is 513. The van der Waals surface area contributed by atoms with Crippen LogP contribution in [0.2, 0.25) is 0 Å². The number of aliphatic carboxylic acids is 1. The van der Waals surface area contributed by atoms with Gasteiger partial charge in [0, 0.05) is 19.3 Å². The molecule has 1 fully saturated rings. The number of nitrogens with zero attached hydrogens (tertiary/aromatic N) is 1. The summed E-state index contributed by atoms with van der Waals surface area (Å²) in [6, 6.07) is 6.75.